The molecule has 6 nitrogen and oxygen atoms in total. The van der Waals surface area contributed by atoms with Crippen molar-refractivity contribution in [3.8, 4) is 0 Å². The molecule has 0 saturated carbocycles. The summed E-state index contributed by atoms with van der Waals surface area (Å²) in [4.78, 5) is 13.2. The zero-order valence-corrected chi connectivity index (χ0v) is 12.2. The summed E-state index contributed by atoms with van der Waals surface area (Å²) in [5.74, 6) is -0.761. The van der Waals surface area contributed by atoms with E-state index in [9.17, 15) is 13.2 Å². The van der Waals surface area contributed by atoms with Gasteiger partial charge in [-0.2, -0.15) is 0 Å². The normalized spacial score (nSPS) is 11.5. The summed E-state index contributed by atoms with van der Waals surface area (Å²) in [6, 6.07) is 4.08. The molecule has 2 rings (SSSR count). The molecule has 0 bridgehead atoms. The van der Waals surface area contributed by atoms with E-state index in [-0.39, 0.29) is 19.3 Å². The van der Waals surface area contributed by atoms with Gasteiger partial charge in [0, 0.05) is 0 Å². The minimum Gasteiger partial charge on any atom is -0.459 e. The maximum absolute atomic E-state index is 11.8. The van der Waals surface area contributed by atoms with Crippen molar-refractivity contribution in [1.82, 2.24) is 10.3 Å². The summed E-state index contributed by atoms with van der Waals surface area (Å²) in [6.45, 7) is 0. The molecule has 2 aromatic rings. The smallest absolute Gasteiger partial charge is 0.301 e. The third kappa shape index (κ3) is 3.28. The van der Waals surface area contributed by atoms with Gasteiger partial charge in [0.15, 0.2) is 5.76 Å². The molecular formula is C9H6Cl2N2O4S2. The highest BCUT2D eigenvalue weighted by Gasteiger charge is 2.22. The standard InChI is InChI=1S/C9H6Cl2N2O4S2/c10-7-4-6(8(11)18-7)19(15,16)13-12-9(14)5-2-1-3-17-5/h1-4,13H,(H,12,14). The SMILES string of the molecule is O=C(NNS(=O)(=O)c1cc(Cl)sc1Cl)c1ccco1. The number of sulfonamides is 1. The molecule has 0 aliphatic rings. The number of carbonyl (C=O) groups excluding carboxylic acids is 1. The number of halogens is 2. The van der Waals surface area contributed by atoms with Crippen LogP contribution in [0.2, 0.25) is 8.67 Å². The first kappa shape index (κ1) is 14.4. The maximum Gasteiger partial charge on any atom is 0.301 e. The molecule has 19 heavy (non-hydrogen) atoms. The summed E-state index contributed by atoms with van der Waals surface area (Å²) in [6.07, 6.45) is 1.29. The van der Waals surface area contributed by atoms with Crippen LogP contribution in [0, 0.1) is 0 Å². The van der Waals surface area contributed by atoms with Crippen LogP contribution in [-0.2, 0) is 10.0 Å². The predicted molar refractivity (Wildman–Crippen MR) is 70.8 cm³/mol. The fourth-order valence-electron chi connectivity index (χ4n) is 1.15. The van der Waals surface area contributed by atoms with Gasteiger partial charge in [-0.05, 0) is 18.2 Å². The largest absolute Gasteiger partial charge is 0.459 e. The highest BCUT2D eigenvalue weighted by Crippen LogP contribution is 2.33. The Morgan fingerprint density at radius 3 is 2.63 bits per heavy atom. The van der Waals surface area contributed by atoms with Gasteiger partial charge in [-0.15, -0.1) is 16.2 Å². The number of thiophene rings is 1. The number of rotatable bonds is 4. The van der Waals surface area contributed by atoms with E-state index in [1.165, 1.54) is 24.5 Å². The summed E-state index contributed by atoms with van der Waals surface area (Å²) >= 11 is 12.3. The Morgan fingerprint density at radius 2 is 2.11 bits per heavy atom. The van der Waals surface area contributed by atoms with E-state index in [4.69, 9.17) is 27.6 Å². The fourth-order valence-corrected chi connectivity index (χ4v) is 4.14. The second-order valence-electron chi connectivity index (χ2n) is 3.23. The molecule has 2 heterocycles. The molecule has 10 heteroatoms. The van der Waals surface area contributed by atoms with E-state index in [0.29, 0.717) is 0 Å². The van der Waals surface area contributed by atoms with Crippen molar-refractivity contribution >= 4 is 50.5 Å². The average Bonchev–Trinajstić information content (AvgIpc) is 2.96. The molecule has 102 valence electrons. The Balaban J connectivity index is 2.10. The number of amides is 1. The van der Waals surface area contributed by atoms with E-state index < -0.39 is 15.9 Å². The maximum atomic E-state index is 11.8. The van der Waals surface area contributed by atoms with Crippen molar-refractivity contribution in [1.29, 1.82) is 0 Å². The third-order valence-electron chi connectivity index (χ3n) is 1.96. The van der Waals surface area contributed by atoms with Crippen molar-refractivity contribution in [2.45, 2.75) is 4.90 Å². The summed E-state index contributed by atoms with van der Waals surface area (Å²) in [5, 5.41) is 0. The Morgan fingerprint density at radius 1 is 1.37 bits per heavy atom. The molecule has 0 aromatic carbocycles. The Bertz CT molecular complexity index is 694. The van der Waals surface area contributed by atoms with Gasteiger partial charge in [-0.25, -0.2) is 8.42 Å². The first-order valence-electron chi connectivity index (χ1n) is 4.70. The zero-order valence-electron chi connectivity index (χ0n) is 9.01. The lowest BCUT2D eigenvalue weighted by Crippen LogP contribution is -2.41. The van der Waals surface area contributed by atoms with Crippen LogP contribution < -0.4 is 10.3 Å². The van der Waals surface area contributed by atoms with Crippen LogP contribution in [0.3, 0.4) is 0 Å². The Kier molecular flexibility index (Phi) is 4.16. The molecule has 2 aromatic heterocycles. The molecule has 0 unspecified atom stereocenters. The number of carbonyl (C=O) groups is 1. The highest BCUT2D eigenvalue weighted by atomic mass is 35.5. The summed E-state index contributed by atoms with van der Waals surface area (Å²) in [7, 11) is -3.99. The van der Waals surface area contributed by atoms with Gasteiger partial charge in [0.1, 0.15) is 9.23 Å². The average molecular weight is 341 g/mol. The minimum atomic E-state index is -3.99. The van der Waals surface area contributed by atoms with E-state index in [2.05, 4.69) is 0 Å². The van der Waals surface area contributed by atoms with Crippen LogP contribution in [0.25, 0.3) is 0 Å². The molecule has 0 radical (unpaired) electrons. The molecule has 0 aliphatic carbocycles. The third-order valence-corrected chi connectivity index (χ3v) is 4.96. The first-order valence-corrected chi connectivity index (χ1v) is 7.76. The van der Waals surface area contributed by atoms with Gasteiger partial charge in [0.2, 0.25) is 0 Å². The van der Waals surface area contributed by atoms with Gasteiger partial charge in [-0.1, -0.05) is 23.2 Å². The van der Waals surface area contributed by atoms with Gasteiger partial charge >= 0.3 is 5.91 Å². The van der Waals surface area contributed by atoms with Crippen LogP contribution in [0.5, 0.6) is 0 Å². The first-order chi connectivity index (χ1) is 8.90. The number of hydrogen-bond acceptors (Lipinski definition) is 5. The van der Waals surface area contributed by atoms with Crippen LogP contribution in [-0.4, -0.2) is 14.3 Å². The van der Waals surface area contributed by atoms with Crippen molar-refractivity contribution in [3.05, 3.63) is 38.9 Å². The summed E-state index contributed by atoms with van der Waals surface area (Å²) < 4.78 is 28.7. The molecule has 0 atom stereocenters. The number of nitrogens with one attached hydrogen (secondary N) is 2. The van der Waals surface area contributed by atoms with E-state index >= 15 is 0 Å². The molecule has 2 N–H and O–H groups in total. The van der Waals surface area contributed by atoms with Gasteiger partial charge in [0.05, 0.1) is 10.6 Å². The van der Waals surface area contributed by atoms with Gasteiger partial charge < -0.3 is 4.42 Å². The minimum absolute atomic E-state index is 0.00440. The molecule has 0 aliphatic heterocycles. The monoisotopic (exact) mass is 340 g/mol. The quantitative estimate of drug-likeness (QED) is 0.835. The van der Waals surface area contributed by atoms with Crippen molar-refractivity contribution in [2.75, 3.05) is 0 Å². The lowest BCUT2D eigenvalue weighted by Gasteiger charge is -2.05. The zero-order chi connectivity index (χ0) is 14.0. The lowest BCUT2D eigenvalue weighted by atomic mass is 10.4. The summed E-state index contributed by atoms with van der Waals surface area (Å²) in [5.41, 5.74) is 1.99. The van der Waals surface area contributed by atoms with Crippen molar-refractivity contribution in [3.63, 3.8) is 0 Å². The second-order valence-corrected chi connectivity index (χ2v) is 7.16. The van der Waals surface area contributed by atoms with Crippen molar-refractivity contribution in [2.24, 2.45) is 0 Å². The molecule has 1 amide bonds. The van der Waals surface area contributed by atoms with Crippen LogP contribution in [0.1, 0.15) is 10.6 Å². The van der Waals surface area contributed by atoms with Gasteiger partial charge in [-0.3, -0.25) is 10.2 Å². The molecular weight excluding hydrogens is 335 g/mol. The number of furan rings is 1. The molecule has 0 spiro atoms. The Hall–Kier alpha value is -1.06. The number of hydrazine groups is 1. The van der Waals surface area contributed by atoms with E-state index in [1.807, 2.05) is 10.3 Å². The van der Waals surface area contributed by atoms with Crippen LogP contribution in [0.4, 0.5) is 0 Å². The fraction of sp³-hybridized carbons (Fsp3) is 0. The predicted octanol–water partition coefficient (Wildman–Crippen LogP) is 2.27. The van der Waals surface area contributed by atoms with Crippen LogP contribution in [0.15, 0.2) is 33.8 Å². The molecule has 0 fully saturated rings. The topological polar surface area (TPSA) is 88.4 Å². The Labute approximate surface area is 122 Å². The second kappa shape index (κ2) is 5.51. The van der Waals surface area contributed by atoms with Crippen molar-refractivity contribution < 1.29 is 17.6 Å². The highest BCUT2D eigenvalue weighted by molar-refractivity contribution is 7.89. The van der Waals surface area contributed by atoms with Crippen LogP contribution >= 0.6 is 34.5 Å². The lowest BCUT2D eigenvalue weighted by molar-refractivity contribution is 0.0917. The van der Waals surface area contributed by atoms with E-state index in [0.717, 1.165) is 11.3 Å². The number of hydrogen-bond donors (Lipinski definition) is 2. The molecule has 0 saturated heterocycles. The van der Waals surface area contributed by atoms with E-state index in [1.54, 1.807) is 0 Å². The van der Waals surface area contributed by atoms with Gasteiger partial charge in [0.25, 0.3) is 10.0 Å².